The number of carbonyl (C=O) groups excluding carboxylic acids is 1. The molecule has 0 bridgehead atoms. The topological polar surface area (TPSA) is 75.6 Å². The highest BCUT2D eigenvalue weighted by Gasteiger charge is 2.35. The summed E-state index contributed by atoms with van der Waals surface area (Å²) in [6, 6.07) is 7.57. The molecular formula is C15H14F3N5O. The van der Waals surface area contributed by atoms with Crippen molar-refractivity contribution < 1.29 is 18.0 Å². The molecule has 0 saturated carbocycles. The van der Waals surface area contributed by atoms with Crippen LogP contribution in [0.5, 0.6) is 0 Å². The number of aromatic nitrogens is 4. The van der Waals surface area contributed by atoms with Gasteiger partial charge in [0.2, 0.25) is 0 Å². The number of fused-ring (bicyclic) bond motifs is 1. The number of hydrogen-bond acceptors (Lipinski definition) is 3. The van der Waals surface area contributed by atoms with Gasteiger partial charge in [-0.2, -0.15) is 18.3 Å². The van der Waals surface area contributed by atoms with Crippen LogP contribution in [0.4, 0.5) is 13.2 Å². The van der Waals surface area contributed by atoms with Crippen molar-refractivity contribution in [2.75, 3.05) is 0 Å². The number of amides is 1. The number of imidazole rings is 1. The maximum absolute atomic E-state index is 12.7. The van der Waals surface area contributed by atoms with Crippen LogP contribution in [-0.4, -0.2) is 25.7 Å². The normalized spacial score (nSPS) is 13.2. The lowest BCUT2D eigenvalue weighted by Gasteiger charge is -2.11. The van der Waals surface area contributed by atoms with Gasteiger partial charge >= 0.3 is 6.18 Å². The number of hydrogen-bond donors (Lipinski definition) is 2. The molecular weight excluding hydrogens is 323 g/mol. The Morgan fingerprint density at radius 2 is 2.04 bits per heavy atom. The lowest BCUT2D eigenvalue weighted by Crippen LogP contribution is -2.29. The molecule has 1 aromatic carbocycles. The Morgan fingerprint density at radius 3 is 2.67 bits per heavy atom. The van der Waals surface area contributed by atoms with E-state index in [0.29, 0.717) is 5.82 Å². The van der Waals surface area contributed by atoms with Crippen molar-refractivity contribution in [1.82, 2.24) is 25.1 Å². The number of nitrogens with zero attached hydrogens (tertiary/aromatic N) is 3. The minimum Gasteiger partial charge on any atom is -0.341 e. The predicted octanol–water partition coefficient (Wildman–Crippen LogP) is 2.81. The molecule has 1 atom stereocenters. The summed E-state index contributed by atoms with van der Waals surface area (Å²) in [5, 5.41) is 5.94. The Hall–Kier alpha value is -2.84. The summed E-state index contributed by atoms with van der Waals surface area (Å²) in [4.78, 5) is 19.6. The quantitative estimate of drug-likeness (QED) is 0.772. The number of carbonyl (C=O) groups is 1. The van der Waals surface area contributed by atoms with E-state index in [1.165, 1.54) is 7.05 Å². The van der Waals surface area contributed by atoms with Crippen molar-refractivity contribution in [3.63, 3.8) is 0 Å². The van der Waals surface area contributed by atoms with Gasteiger partial charge in [-0.3, -0.25) is 9.48 Å². The van der Waals surface area contributed by atoms with Gasteiger partial charge in [-0.25, -0.2) is 4.98 Å². The number of rotatable bonds is 3. The molecule has 6 nitrogen and oxygen atoms in total. The van der Waals surface area contributed by atoms with Crippen LogP contribution < -0.4 is 5.32 Å². The molecule has 3 rings (SSSR count). The van der Waals surface area contributed by atoms with Crippen LogP contribution in [0.15, 0.2) is 30.3 Å². The maximum Gasteiger partial charge on any atom is 0.435 e. The molecule has 2 N–H and O–H groups in total. The second-order valence-corrected chi connectivity index (χ2v) is 5.37. The molecule has 9 heteroatoms. The Balaban J connectivity index is 1.80. The first-order chi connectivity index (χ1) is 11.3. The number of alkyl halides is 3. The van der Waals surface area contributed by atoms with E-state index in [-0.39, 0.29) is 5.69 Å². The highest BCUT2D eigenvalue weighted by Crippen LogP contribution is 2.28. The van der Waals surface area contributed by atoms with Gasteiger partial charge in [0.1, 0.15) is 11.5 Å². The van der Waals surface area contributed by atoms with Gasteiger partial charge in [-0.15, -0.1) is 0 Å². The molecule has 0 aliphatic heterocycles. The second kappa shape index (κ2) is 5.66. The average molecular weight is 337 g/mol. The van der Waals surface area contributed by atoms with E-state index < -0.39 is 23.8 Å². The minimum absolute atomic E-state index is 0.176. The van der Waals surface area contributed by atoms with Crippen LogP contribution in [0.2, 0.25) is 0 Å². The van der Waals surface area contributed by atoms with Gasteiger partial charge in [0.25, 0.3) is 5.91 Å². The number of para-hydroxylation sites is 2. The fraction of sp³-hybridized carbons (Fsp3) is 0.267. The SMILES string of the molecule is C[C@@H](NC(=O)c1cc(C(F)(F)F)nn1C)c1nc2ccccc2[nH]1. The monoisotopic (exact) mass is 337 g/mol. The van der Waals surface area contributed by atoms with E-state index in [9.17, 15) is 18.0 Å². The van der Waals surface area contributed by atoms with Gasteiger partial charge in [0, 0.05) is 13.1 Å². The van der Waals surface area contributed by atoms with Crippen LogP contribution in [0.3, 0.4) is 0 Å². The molecule has 3 aromatic rings. The van der Waals surface area contributed by atoms with E-state index in [4.69, 9.17) is 0 Å². The van der Waals surface area contributed by atoms with Crippen molar-refractivity contribution in [3.05, 3.63) is 47.5 Å². The molecule has 0 fully saturated rings. The van der Waals surface area contributed by atoms with Crippen molar-refractivity contribution in [2.24, 2.45) is 7.05 Å². The van der Waals surface area contributed by atoms with Crippen LogP contribution in [0.1, 0.15) is 35.0 Å². The molecule has 24 heavy (non-hydrogen) atoms. The Bertz CT molecular complexity index is 863. The number of nitrogens with one attached hydrogen (secondary N) is 2. The lowest BCUT2D eigenvalue weighted by atomic mass is 10.2. The lowest BCUT2D eigenvalue weighted by molar-refractivity contribution is -0.141. The van der Waals surface area contributed by atoms with Crippen LogP contribution in [0.25, 0.3) is 11.0 Å². The second-order valence-electron chi connectivity index (χ2n) is 5.37. The van der Waals surface area contributed by atoms with E-state index in [2.05, 4.69) is 20.4 Å². The van der Waals surface area contributed by atoms with Crippen molar-refractivity contribution in [1.29, 1.82) is 0 Å². The summed E-state index contributed by atoms with van der Waals surface area (Å²) in [6.45, 7) is 1.69. The summed E-state index contributed by atoms with van der Waals surface area (Å²) in [6.07, 6.45) is -4.60. The molecule has 0 spiro atoms. The number of benzene rings is 1. The summed E-state index contributed by atoms with van der Waals surface area (Å²) < 4.78 is 38.9. The van der Waals surface area contributed by atoms with Gasteiger partial charge in [0.05, 0.1) is 17.1 Å². The molecule has 0 unspecified atom stereocenters. The number of aromatic amines is 1. The van der Waals surface area contributed by atoms with Gasteiger partial charge in [-0.05, 0) is 19.1 Å². The van der Waals surface area contributed by atoms with Crippen LogP contribution in [0, 0.1) is 0 Å². The number of halogens is 3. The maximum atomic E-state index is 12.7. The zero-order valence-electron chi connectivity index (χ0n) is 12.8. The summed E-state index contributed by atoms with van der Waals surface area (Å²) in [5.41, 5.74) is 0.277. The van der Waals surface area contributed by atoms with E-state index in [0.717, 1.165) is 21.8 Å². The Kier molecular flexibility index (Phi) is 3.78. The molecule has 126 valence electrons. The molecule has 2 heterocycles. The van der Waals surface area contributed by atoms with E-state index >= 15 is 0 Å². The van der Waals surface area contributed by atoms with E-state index in [1.54, 1.807) is 6.92 Å². The smallest absolute Gasteiger partial charge is 0.341 e. The summed E-state index contributed by atoms with van der Waals surface area (Å²) in [5.74, 6) is -0.142. The number of H-pyrrole nitrogens is 1. The number of aryl methyl sites for hydroxylation is 1. The highest BCUT2D eigenvalue weighted by atomic mass is 19.4. The zero-order chi connectivity index (χ0) is 17.5. The van der Waals surface area contributed by atoms with E-state index in [1.807, 2.05) is 24.3 Å². The largest absolute Gasteiger partial charge is 0.435 e. The van der Waals surface area contributed by atoms with Gasteiger partial charge in [0.15, 0.2) is 5.69 Å². The van der Waals surface area contributed by atoms with Crippen molar-refractivity contribution in [3.8, 4) is 0 Å². The molecule has 0 radical (unpaired) electrons. The molecule has 2 aromatic heterocycles. The zero-order valence-corrected chi connectivity index (χ0v) is 12.8. The summed E-state index contributed by atoms with van der Waals surface area (Å²) in [7, 11) is 1.29. The third-order valence-electron chi connectivity index (χ3n) is 3.57. The first kappa shape index (κ1) is 16.0. The fourth-order valence-corrected chi connectivity index (χ4v) is 2.33. The third kappa shape index (κ3) is 2.97. The first-order valence-electron chi connectivity index (χ1n) is 7.12. The van der Waals surface area contributed by atoms with Crippen molar-refractivity contribution in [2.45, 2.75) is 19.1 Å². The van der Waals surface area contributed by atoms with Crippen molar-refractivity contribution >= 4 is 16.9 Å². The average Bonchev–Trinajstić information content (AvgIpc) is 3.09. The molecule has 0 saturated heterocycles. The standard InChI is InChI=1S/C15H14F3N5O/c1-8(13-20-9-5-3-4-6-10(9)21-13)19-14(24)11-7-12(15(16,17)18)22-23(11)2/h3-8H,1-2H3,(H,19,24)(H,20,21)/t8-/m1/s1. The first-order valence-corrected chi connectivity index (χ1v) is 7.12. The van der Waals surface area contributed by atoms with Crippen LogP contribution in [-0.2, 0) is 13.2 Å². The Labute approximate surface area is 134 Å². The minimum atomic E-state index is -4.60. The van der Waals surface area contributed by atoms with Gasteiger partial charge < -0.3 is 10.3 Å². The fourth-order valence-electron chi connectivity index (χ4n) is 2.33. The van der Waals surface area contributed by atoms with Gasteiger partial charge in [-0.1, -0.05) is 12.1 Å². The summed E-state index contributed by atoms with van der Waals surface area (Å²) >= 11 is 0. The molecule has 1 amide bonds. The third-order valence-corrected chi connectivity index (χ3v) is 3.57. The van der Waals surface area contributed by atoms with Crippen LogP contribution >= 0.6 is 0 Å². The highest BCUT2D eigenvalue weighted by molar-refractivity contribution is 5.93. The molecule has 0 aliphatic carbocycles. The molecule has 0 aliphatic rings. The predicted molar refractivity (Wildman–Crippen MR) is 80.2 cm³/mol. The Morgan fingerprint density at radius 1 is 1.33 bits per heavy atom.